The van der Waals surface area contributed by atoms with Gasteiger partial charge < -0.3 is 5.32 Å². The molecule has 2 atom stereocenters. The number of halogens is 1. The topological polar surface area (TPSA) is 29.1 Å². The molecule has 1 N–H and O–H groups in total. The maximum absolute atomic E-state index is 12.2. The van der Waals surface area contributed by atoms with E-state index in [1.807, 2.05) is 25.1 Å². The summed E-state index contributed by atoms with van der Waals surface area (Å²) in [5, 5.41) is 3.15. The van der Waals surface area contributed by atoms with Crippen molar-refractivity contribution < 1.29 is 4.79 Å². The van der Waals surface area contributed by atoms with E-state index < -0.39 is 0 Å². The minimum Gasteiger partial charge on any atom is -0.349 e. The molecule has 0 spiro atoms. The van der Waals surface area contributed by atoms with Crippen LogP contribution in [0.2, 0.25) is 0 Å². The van der Waals surface area contributed by atoms with E-state index in [4.69, 9.17) is 0 Å². The highest BCUT2D eigenvalue weighted by Gasteiger charge is 2.25. The van der Waals surface area contributed by atoms with E-state index in [-0.39, 0.29) is 5.91 Å². The molecule has 2 nitrogen and oxygen atoms in total. The Morgan fingerprint density at radius 2 is 2.18 bits per heavy atom. The molecule has 1 amide bonds. The van der Waals surface area contributed by atoms with Crippen molar-refractivity contribution in [3.63, 3.8) is 0 Å². The summed E-state index contributed by atoms with van der Waals surface area (Å²) in [5.74, 6) is 0.661. The molecule has 17 heavy (non-hydrogen) atoms. The van der Waals surface area contributed by atoms with Crippen molar-refractivity contribution in [2.24, 2.45) is 5.92 Å². The first-order chi connectivity index (χ1) is 8.09. The lowest BCUT2D eigenvalue weighted by atomic mass is 10.0. The molecule has 2 unspecified atom stereocenters. The van der Waals surface area contributed by atoms with E-state index in [1.54, 1.807) is 0 Å². The van der Waals surface area contributed by atoms with E-state index in [0.717, 1.165) is 22.0 Å². The first kappa shape index (κ1) is 12.6. The zero-order valence-corrected chi connectivity index (χ0v) is 11.9. The van der Waals surface area contributed by atoms with Crippen molar-refractivity contribution in [1.29, 1.82) is 0 Å². The molecular weight excluding hydrogens is 278 g/mol. The number of carbonyl (C=O) groups is 1. The zero-order chi connectivity index (χ0) is 12.4. The number of rotatable bonds is 2. The molecule has 2 rings (SSSR count). The lowest BCUT2D eigenvalue weighted by molar-refractivity contribution is 0.0929. The van der Waals surface area contributed by atoms with Gasteiger partial charge in [0.15, 0.2) is 0 Å². The van der Waals surface area contributed by atoms with E-state index in [2.05, 4.69) is 28.2 Å². The second-order valence-electron chi connectivity index (χ2n) is 4.90. The Bertz CT molecular complexity index is 430. The fourth-order valence-electron chi connectivity index (χ4n) is 2.46. The normalized spacial score (nSPS) is 23.7. The van der Waals surface area contributed by atoms with Crippen LogP contribution in [0, 0.1) is 12.8 Å². The summed E-state index contributed by atoms with van der Waals surface area (Å²) in [6, 6.07) is 6.10. The third-order valence-corrected chi connectivity index (χ3v) is 4.55. The molecule has 1 aliphatic rings. The minimum absolute atomic E-state index is 0.0579. The van der Waals surface area contributed by atoms with Crippen molar-refractivity contribution in [2.45, 2.75) is 39.2 Å². The van der Waals surface area contributed by atoms with Crippen LogP contribution in [0.15, 0.2) is 22.7 Å². The lowest BCUT2D eigenvalue weighted by Gasteiger charge is -2.18. The number of hydrogen-bond acceptors (Lipinski definition) is 1. The molecule has 1 aromatic rings. The van der Waals surface area contributed by atoms with Crippen molar-refractivity contribution in [3.05, 3.63) is 33.8 Å². The first-order valence-electron chi connectivity index (χ1n) is 6.15. The van der Waals surface area contributed by atoms with Crippen molar-refractivity contribution in [2.75, 3.05) is 0 Å². The summed E-state index contributed by atoms with van der Waals surface area (Å²) in [6.45, 7) is 4.18. The van der Waals surface area contributed by atoms with Crippen LogP contribution in [0.25, 0.3) is 0 Å². The van der Waals surface area contributed by atoms with Crippen LogP contribution in [0.4, 0.5) is 0 Å². The molecular formula is C14H18BrNO. The van der Waals surface area contributed by atoms with Gasteiger partial charge in [-0.2, -0.15) is 0 Å². The lowest BCUT2D eigenvalue weighted by Crippen LogP contribution is -2.36. The third-order valence-electron chi connectivity index (χ3n) is 3.69. The molecule has 1 aromatic carbocycles. The molecule has 1 saturated carbocycles. The highest BCUT2D eigenvalue weighted by Crippen LogP contribution is 2.26. The van der Waals surface area contributed by atoms with Gasteiger partial charge in [-0.3, -0.25) is 4.79 Å². The Balaban J connectivity index is 2.12. The number of hydrogen-bond donors (Lipinski definition) is 1. The van der Waals surface area contributed by atoms with Gasteiger partial charge in [0.2, 0.25) is 0 Å². The Labute approximate surface area is 111 Å². The molecule has 92 valence electrons. The third kappa shape index (κ3) is 2.71. The molecule has 3 heteroatoms. The molecule has 0 heterocycles. The number of benzene rings is 1. The van der Waals surface area contributed by atoms with Gasteiger partial charge >= 0.3 is 0 Å². The Morgan fingerprint density at radius 3 is 2.82 bits per heavy atom. The average Bonchev–Trinajstić information content (AvgIpc) is 2.68. The van der Waals surface area contributed by atoms with Crippen LogP contribution in [0.5, 0.6) is 0 Å². The van der Waals surface area contributed by atoms with E-state index in [0.29, 0.717) is 12.0 Å². The molecule has 0 aliphatic heterocycles. The number of nitrogens with one attached hydrogen (secondary N) is 1. The maximum atomic E-state index is 12.2. The van der Waals surface area contributed by atoms with E-state index >= 15 is 0 Å². The summed E-state index contributed by atoms with van der Waals surface area (Å²) < 4.78 is 0.990. The van der Waals surface area contributed by atoms with Gasteiger partial charge in [-0.05, 0) is 43.4 Å². The van der Waals surface area contributed by atoms with Crippen LogP contribution < -0.4 is 5.32 Å². The summed E-state index contributed by atoms with van der Waals surface area (Å²) in [7, 11) is 0. The van der Waals surface area contributed by atoms with Crippen molar-refractivity contribution >= 4 is 21.8 Å². The Hall–Kier alpha value is -0.830. The minimum atomic E-state index is 0.0579. The molecule has 1 fully saturated rings. The van der Waals surface area contributed by atoms with Crippen LogP contribution >= 0.6 is 15.9 Å². The maximum Gasteiger partial charge on any atom is 0.251 e. The van der Waals surface area contributed by atoms with Gasteiger partial charge in [0.25, 0.3) is 5.91 Å². The van der Waals surface area contributed by atoms with Crippen LogP contribution in [0.1, 0.15) is 42.1 Å². The summed E-state index contributed by atoms with van der Waals surface area (Å²) in [6.07, 6.45) is 3.56. The molecule has 0 saturated heterocycles. The summed E-state index contributed by atoms with van der Waals surface area (Å²) in [4.78, 5) is 12.2. The number of amides is 1. The van der Waals surface area contributed by atoms with Gasteiger partial charge in [-0.15, -0.1) is 0 Å². The van der Waals surface area contributed by atoms with Gasteiger partial charge in [0.1, 0.15) is 0 Å². The smallest absolute Gasteiger partial charge is 0.251 e. The standard InChI is InChI=1S/C14H18BrNO/c1-9-5-3-8-13(9)16-14(17)11-6-4-7-12(15)10(11)2/h4,6-7,9,13H,3,5,8H2,1-2H3,(H,16,17). The predicted octanol–water partition coefficient (Wildman–Crippen LogP) is 3.68. The second kappa shape index (κ2) is 5.21. The largest absolute Gasteiger partial charge is 0.349 e. The molecule has 1 aliphatic carbocycles. The summed E-state index contributed by atoms with van der Waals surface area (Å²) >= 11 is 3.46. The molecule has 0 radical (unpaired) electrons. The SMILES string of the molecule is Cc1c(Br)cccc1C(=O)NC1CCCC1C. The zero-order valence-electron chi connectivity index (χ0n) is 10.3. The Kier molecular flexibility index (Phi) is 3.87. The molecule has 0 bridgehead atoms. The van der Waals surface area contributed by atoms with Crippen LogP contribution in [-0.4, -0.2) is 11.9 Å². The predicted molar refractivity (Wildman–Crippen MR) is 73.1 cm³/mol. The van der Waals surface area contributed by atoms with E-state index in [9.17, 15) is 4.79 Å². The van der Waals surface area contributed by atoms with Crippen molar-refractivity contribution in [3.8, 4) is 0 Å². The van der Waals surface area contributed by atoms with Crippen LogP contribution in [-0.2, 0) is 0 Å². The fraction of sp³-hybridized carbons (Fsp3) is 0.500. The monoisotopic (exact) mass is 295 g/mol. The van der Waals surface area contributed by atoms with E-state index in [1.165, 1.54) is 12.8 Å². The quantitative estimate of drug-likeness (QED) is 0.886. The first-order valence-corrected chi connectivity index (χ1v) is 6.95. The van der Waals surface area contributed by atoms with Crippen molar-refractivity contribution in [1.82, 2.24) is 5.32 Å². The summed E-state index contributed by atoms with van der Waals surface area (Å²) in [5.41, 5.74) is 1.79. The Morgan fingerprint density at radius 1 is 1.41 bits per heavy atom. The van der Waals surface area contributed by atoms with Gasteiger partial charge in [0, 0.05) is 16.1 Å². The fourth-order valence-corrected chi connectivity index (χ4v) is 2.83. The number of carbonyl (C=O) groups excluding carboxylic acids is 1. The highest BCUT2D eigenvalue weighted by molar-refractivity contribution is 9.10. The average molecular weight is 296 g/mol. The van der Waals surface area contributed by atoms with Gasteiger partial charge in [0.05, 0.1) is 0 Å². The van der Waals surface area contributed by atoms with Gasteiger partial charge in [-0.1, -0.05) is 35.3 Å². The highest BCUT2D eigenvalue weighted by atomic mass is 79.9. The van der Waals surface area contributed by atoms with Crippen LogP contribution in [0.3, 0.4) is 0 Å². The van der Waals surface area contributed by atoms with Gasteiger partial charge in [-0.25, -0.2) is 0 Å². The second-order valence-corrected chi connectivity index (χ2v) is 5.75. The molecule has 0 aromatic heterocycles.